The number of rotatable bonds is 4. The number of unbranched alkanes of at least 4 members (excludes halogenated alkanes) is 1. The van der Waals surface area contributed by atoms with Gasteiger partial charge in [0.25, 0.3) is 0 Å². The second-order valence-corrected chi connectivity index (χ2v) is 4.19. The molecule has 0 aromatic carbocycles. The lowest BCUT2D eigenvalue weighted by Crippen LogP contribution is -2.30. The highest BCUT2D eigenvalue weighted by Gasteiger charge is 2.43. The van der Waals surface area contributed by atoms with Gasteiger partial charge in [-0.25, -0.2) is 0 Å². The van der Waals surface area contributed by atoms with Crippen molar-refractivity contribution in [3.63, 3.8) is 0 Å². The van der Waals surface area contributed by atoms with Crippen LogP contribution in [0.5, 0.6) is 0 Å². The van der Waals surface area contributed by atoms with Crippen molar-refractivity contribution in [3.8, 4) is 0 Å². The Labute approximate surface area is 79.3 Å². The van der Waals surface area contributed by atoms with Gasteiger partial charge < -0.3 is 10.8 Å². The van der Waals surface area contributed by atoms with Crippen molar-refractivity contribution in [2.45, 2.75) is 51.5 Å². The summed E-state index contributed by atoms with van der Waals surface area (Å²) < 4.78 is 0. The SMILES string of the molecule is CCCCC1(C(=O)O)CCC(N)C1. The fourth-order valence-electron chi connectivity index (χ4n) is 2.21. The van der Waals surface area contributed by atoms with Crippen molar-refractivity contribution in [1.82, 2.24) is 0 Å². The van der Waals surface area contributed by atoms with Crippen molar-refractivity contribution in [2.75, 3.05) is 0 Å². The highest BCUT2D eigenvalue weighted by atomic mass is 16.4. The molecule has 1 aliphatic carbocycles. The van der Waals surface area contributed by atoms with Gasteiger partial charge in [-0.3, -0.25) is 4.79 Å². The summed E-state index contributed by atoms with van der Waals surface area (Å²) in [6.45, 7) is 2.09. The number of carboxylic acids is 1. The van der Waals surface area contributed by atoms with Gasteiger partial charge in [0.2, 0.25) is 0 Å². The van der Waals surface area contributed by atoms with Crippen LogP contribution in [0.4, 0.5) is 0 Å². The van der Waals surface area contributed by atoms with Gasteiger partial charge >= 0.3 is 5.97 Å². The molecule has 2 unspecified atom stereocenters. The zero-order chi connectivity index (χ0) is 9.90. The molecule has 1 rings (SSSR count). The van der Waals surface area contributed by atoms with Gasteiger partial charge in [0.1, 0.15) is 0 Å². The predicted octanol–water partition coefficient (Wildman–Crippen LogP) is 1.76. The molecular formula is C10H19NO2. The predicted molar refractivity (Wildman–Crippen MR) is 51.4 cm³/mol. The van der Waals surface area contributed by atoms with Gasteiger partial charge in [0.15, 0.2) is 0 Å². The zero-order valence-corrected chi connectivity index (χ0v) is 8.25. The summed E-state index contributed by atoms with van der Waals surface area (Å²) in [6.07, 6.45) is 5.16. The van der Waals surface area contributed by atoms with Crippen LogP contribution in [0, 0.1) is 5.41 Å². The average Bonchev–Trinajstić information content (AvgIpc) is 2.45. The number of hydrogen-bond donors (Lipinski definition) is 2. The summed E-state index contributed by atoms with van der Waals surface area (Å²) in [5, 5.41) is 9.15. The molecule has 76 valence electrons. The minimum atomic E-state index is -0.645. The first-order valence-electron chi connectivity index (χ1n) is 5.10. The molecule has 0 radical (unpaired) electrons. The first kappa shape index (κ1) is 10.5. The molecule has 3 N–H and O–H groups in total. The Morgan fingerprint density at radius 1 is 1.69 bits per heavy atom. The number of carbonyl (C=O) groups is 1. The van der Waals surface area contributed by atoms with Gasteiger partial charge in [0, 0.05) is 6.04 Å². The molecule has 3 nitrogen and oxygen atoms in total. The molecule has 0 spiro atoms. The highest BCUT2D eigenvalue weighted by molar-refractivity contribution is 5.75. The van der Waals surface area contributed by atoms with Crippen LogP contribution in [-0.4, -0.2) is 17.1 Å². The minimum absolute atomic E-state index is 0.105. The number of carboxylic acid groups (broad SMARTS) is 1. The molecule has 13 heavy (non-hydrogen) atoms. The van der Waals surface area contributed by atoms with E-state index in [9.17, 15) is 4.79 Å². The summed E-state index contributed by atoms with van der Waals surface area (Å²) in [7, 11) is 0. The zero-order valence-electron chi connectivity index (χ0n) is 8.25. The molecule has 2 atom stereocenters. The third kappa shape index (κ3) is 2.21. The van der Waals surface area contributed by atoms with E-state index >= 15 is 0 Å². The summed E-state index contributed by atoms with van der Waals surface area (Å²) in [4.78, 5) is 11.1. The first-order chi connectivity index (χ1) is 6.10. The topological polar surface area (TPSA) is 63.3 Å². The maximum absolute atomic E-state index is 11.1. The van der Waals surface area contributed by atoms with E-state index < -0.39 is 11.4 Å². The van der Waals surface area contributed by atoms with Crippen LogP contribution in [0.2, 0.25) is 0 Å². The van der Waals surface area contributed by atoms with E-state index in [1.165, 1.54) is 0 Å². The molecule has 1 aliphatic rings. The molecule has 3 heteroatoms. The van der Waals surface area contributed by atoms with E-state index in [2.05, 4.69) is 6.92 Å². The van der Waals surface area contributed by atoms with Gasteiger partial charge in [-0.1, -0.05) is 19.8 Å². The second kappa shape index (κ2) is 4.09. The molecule has 0 aromatic heterocycles. The lowest BCUT2D eigenvalue weighted by molar-refractivity contribution is -0.149. The van der Waals surface area contributed by atoms with Crippen molar-refractivity contribution >= 4 is 5.97 Å². The highest BCUT2D eigenvalue weighted by Crippen LogP contribution is 2.41. The fourth-order valence-corrected chi connectivity index (χ4v) is 2.21. The van der Waals surface area contributed by atoms with E-state index in [1.807, 2.05) is 0 Å². The molecule has 0 aliphatic heterocycles. The summed E-state index contributed by atoms with van der Waals surface area (Å²) in [5.41, 5.74) is 5.27. The van der Waals surface area contributed by atoms with Crippen LogP contribution >= 0.6 is 0 Å². The van der Waals surface area contributed by atoms with E-state index in [-0.39, 0.29) is 6.04 Å². The molecule has 0 saturated heterocycles. The van der Waals surface area contributed by atoms with E-state index in [1.54, 1.807) is 0 Å². The Kier molecular flexibility index (Phi) is 3.31. The normalized spacial score (nSPS) is 33.5. The quantitative estimate of drug-likeness (QED) is 0.701. The smallest absolute Gasteiger partial charge is 0.309 e. The van der Waals surface area contributed by atoms with Crippen LogP contribution in [-0.2, 0) is 4.79 Å². The van der Waals surface area contributed by atoms with Gasteiger partial charge in [-0.2, -0.15) is 0 Å². The molecule has 1 saturated carbocycles. The Hall–Kier alpha value is -0.570. The van der Waals surface area contributed by atoms with E-state index in [4.69, 9.17) is 10.8 Å². The maximum Gasteiger partial charge on any atom is 0.309 e. The van der Waals surface area contributed by atoms with Crippen molar-refractivity contribution in [3.05, 3.63) is 0 Å². The van der Waals surface area contributed by atoms with Crippen molar-refractivity contribution in [1.29, 1.82) is 0 Å². The third-order valence-corrected chi connectivity index (χ3v) is 3.11. The Morgan fingerprint density at radius 3 is 2.77 bits per heavy atom. The molecule has 0 heterocycles. The molecule has 0 amide bonds. The lowest BCUT2D eigenvalue weighted by Gasteiger charge is -2.23. The molecule has 1 fully saturated rings. The third-order valence-electron chi connectivity index (χ3n) is 3.11. The van der Waals surface area contributed by atoms with Gasteiger partial charge in [-0.05, 0) is 25.7 Å². The summed E-state index contributed by atoms with van der Waals surface area (Å²) in [5.74, 6) is -0.645. The van der Waals surface area contributed by atoms with E-state index in [0.29, 0.717) is 6.42 Å². The number of nitrogens with two attached hydrogens (primary N) is 1. The molecule has 0 aromatic rings. The second-order valence-electron chi connectivity index (χ2n) is 4.19. The summed E-state index contributed by atoms with van der Waals surface area (Å²) >= 11 is 0. The average molecular weight is 185 g/mol. The minimum Gasteiger partial charge on any atom is -0.481 e. The fraction of sp³-hybridized carbons (Fsp3) is 0.900. The Morgan fingerprint density at radius 2 is 2.38 bits per heavy atom. The molecule has 0 bridgehead atoms. The monoisotopic (exact) mass is 185 g/mol. The largest absolute Gasteiger partial charge is 0.481 e. The first-order valence-corrected chi connectivity index (χ1v) is 5.10. The van der Waals surface area contributed by atoms with Crippen molar-refractivity contribution < 1.29 is 9.90 Å². The maximum atomic E-state index is 11.1. The van der Waals surface area contributed by atoms with Crippen LogP contribution in [0.25, 0.3) is 0 Å². The van der Waals surface area contributed by atoms with Gasteiger partial charge in [-0.15, -0.1) is 0 Å². The standard InChI is InChI=1S/C10H19NO2/c1-2-3-5-10(9(12)13)6-4-8(11)7-10/h8H,2-7,11H2,1H3,(H,12,13). The molecular weight excluding hydrogens is 166 g/mol. The number of aliphatic carboxylic acids is 1. The Bertz CT molecular complexity index is 193. The van der Waals surface area contributed by atoms with E-state index in [0.717, 1.165) is 32.1 Å². The van der Waals surface area contributed by atoms with Crippen LogP contribution in [0.1, 0.15) is 45.4 Å². The van der Waals surface area contributed by atoms with Crippen LogP contribution in [0.15, 0.2) is 0 Å². The Balaban J connectivity index is 2.60. The van der Waals surface area contributed by atoms with Crippen LogP contribution < -0.4 is 5.73 Å². The summed E-state index contributed by atoms with van der Waals surface area (Å²) in [6, 6.07) is 0.105. The van der Waals surface area contributed by atoms with Gasteiger partial charge in [0.05, 0.1) is 5.41 Å². The van der Waals surface area contributed by atoms with Crippen LogP contribution in [0.3, 0.4) is 0 Å². The number of hydrogen-bond acceptors (Lipinski definition) is 2. The lowest BCUT2D eigenvalue weighted by atomic mass is 9.81. The van der Waals surface area contributed by atoms with Crippen molar-refractivity contribution in [2.24, 2.45) is 11.1 Å².